The molecule has 0 amide bonds. The van der Waals surface area contributed by atoms with Gasteiger partial charge in [-0.1, -0.05) is 96.1 Å². The topological polar surface area (TPSA) is 26.0 Å². The van der Waals surface area contributed by atoms with Gasteiger partial charge in [0.05, 0.1) is 11.0 Å². The maximum absolute atomic E-state index is 7.71. The van der Waals surface area contributed by atoms with Crippen molar-refractivity contribution in [3.8, 4) is 0 Å². The number of hydrogen-bond acceptors (Lipinski definition) is 1. The van der Waals surface area contributed by atoms with E-state index in [1.807, 2.05) is 0 Å². The highest BCUT2D eigenvalue weighted by molar-refractivity contribution is 7.96. The summed E-state index contributed by atoms with van der Waals surface area (Å²) < 4.78 is 9.25. The van der Waals surface area contributed by atoms with Crippen molar-refractivity contribution in [1.29, 1.82) is 0 Å². The minimum atomic E-state index is -2.86. The van der Waals surface area contributed by atoms with Gasteiger partial charge in [-0.3, -0.25) is 0 Å². The third-order valence-electron chi connectivity index (χ3n) is 7.64. The molecule has 0 heterocycles. The lowest BCUT2D eigenvalue weighted by Crippen LogP contribution is -2.72. The van der Waals surface area contributed by atoms with Crippen molar-refractivity contribution in [3.05, 3.63) is 84.9 Å². The average Bonchev–Trinajstić information content (AvgIpc) is 2.74. The largest absolute Gasteiger partial charge is 0.537 e. The molecule has 0 aliphatic heterocycles. The van der Waals surface area contributed by atoms with E-state index in [2.05, 4.69) is 140 Å². The molecule has 170 valence electrons. The number of nitrogens with two attached hydrogens (primary N) is 1. The van der Waals surface area contributed by atoms with Crippen LogP contribution in [-0.2, 0) is 0 Å². The Balaban J connectivity index is 2.52. The quantitative estimate of drug-likeness (QED) is 0.361. The smallest absolute Gasteiger partial charge is 0.271 e. The van der Waals surface area contributed by atoms with Crippen LogP contribution in [0.3, 0.4) is 0 Å². The molecule has 0 spiro atoms. The second-order valence-electron chi connectivity index (χ2n) is 11.7. The molecular weight excluding hydrogens is 420 g/mol. The van der Waals surface area contributed by atoms with Gasteiger partial charge in [-0.15, -0.1) is 0 Å². The van der Waals surface area contributed by atoms with E-state index in [0.717, 1.165) is 0 Å². The van der Waals surface area contributed by atoms with E-state index in [1.165, 1.54) is 20.3 Å². The summed E-state index contributed by atoms with van der Waals surface area (Å²) in [7, 11) is -1.94. The molecule has 3 rings (SSSR count). The van der Waals surface area contributed by atoms with Crippen molar-refractivity contribution in [2.75, 3.05) is 0 Å². The van der Waals surface area contributed by atoms with Crippen LogP contribution in [0.4, 0.5) is 0 Å². The first-order chi connectivity index (χ1) is 14.9. The van der Waals surface area contributed by atoms with Crippen LogP contribution in [0.1, 0.15) is 55.4 Å². The van der Waals surface area contributed by atoms with E-state index < -0.39 is 20.6 Å². The predicted octanol–water partition coefficient (Wildman–Crippen LogP) is 6.10. The summed E-state index contributed by atoms with van der Waals surface area (Å²) in [5, 5.41) is 4.37. The van der Waals surface area contributed by atoms with Gasteiger partial charge in [0.25, 0.3) is 13.3 Å². The highest BCUT2D eigenvalue weighted by atomic mass is 31.2. The average molecular weight is 462 g/mol. The number of benzene rings is 3. The van der Waals surface area contributed by atoms with Crippen molar-refractivity contribution in [2.45, 2.75) is 69.6 Å². The Kier molecular flexibility index (Phi) is 7.16. The van der Waals surface area contributed by atoms with Crippen LogP contribution in [0, 0.1) is 0 Å². The van der Waals surface area contributed by atoms with Crippen molar-refractivity contribution in [1.82, 2.24) is 0 Å². The molecule has 3 heteroatoms. The molecule has 3 aromatic carbocycles. The Bertz CT molecular complexity index is 977. The van der Waals surface area contributed by atoms with Crippen molar-refractivity contribution >= 4 is 40.9 Å². The van der Waals surface area contributed by atoms with Gasteiger partial charge in [0.2, 0.25) is 0 Å². The van der Waals surface area contributed by atoms with Crippen LogP contribution >= 0.6 is 7.26 Å². The van der Waals surface area contributed by atoms with E-state index in [-0.39, 0.29) is 8.55 Å². The zero-order valence-corrected chi connectivity index (χ0v) is 23.3. The van der Waals surface area contributed by atoms with Crippen LogP contribution in [0.15, 0.2) is 84.9 Å². The van der Waals surface area contributed by atoms with E-state index >= 15 is 0 Å². The Labute approximate surface area is 199 Å². The normalized spacial score (nSPS) is 13.4. The minimum Gasteiger partial charge on any atom is -0.537 e. The lowest BCUT2D eigenvalue weighted by Gasteiger charge is -2.55. The molecule has 3 aromatic rings. The summed E-state index contributed by atoms with van der Waals surface area (Å²) in [6, 6.07) is 31.6. The molecule has 0 unspecified atom stereocenters. The number of hydrogen-bond donors (Lipinski definition) is 1. The summed E-state index contributed by atoms with van der Waals surface area (Å²) in [5.74, 6) is 0. The SMILES string of the molecule is CC(C)[P+](c1ccccc1)(c1ccccc1)c1cccc[c]1[Al-]([NH2])([C](C)(C)C)[C](C)(C)C. The van der Waals surface area contributed by atoms with Crippen molar-refractivity contribution < 1.29 is 0 Å². The molecule has 0 aliphatic rings. The van der Waals surface area contributed by atoms with Gasteiger partial charge in [-0.25, -0.2) is 0 Å². The molecule has 0 saturated carbocycles. The molecule has 0 aromatic heterocycles. The first-order valence-corrected chi connectivity index (χ1v) is 16.2. The van der Waals surface area contributed by atoms with Crippen LogP contribution in [0.2, 0.25) is 8.55 Å². The summed E-state index contributed by atoms with van der Waals surface area (Å²) >= 11 is -2.86. The fourth-order valence-corrected chi connectivity index (χ4v) is 17.4. The van der Waals surface area contributed by atoms with Gasteiger partial charge in [-0.05, 0) is 44.2 Å². The predicted molar refractivity (Wildman–Crippen MR) is 149 cm³/mol. The third-order valence-corrected chi connectivity index (χ3v) is 19.8. The Morgan fingerprint density at radius 2 is 1.00 bits per heavy atom. The lowest BCUT2D eigenvalue weighted by molar-refractivity contribution is 0.622. The van der Waals surface area contributed by atoms with E-state index in [4.69, 9.17) is 4.72 Å². The van der Waals surface area contributed by atoms with Crippen LogP contribution in [-0.4, -0.2) is 19.0 Å². The van der Waals surface area contributed by atoms with Crippen LogP contribution in [0.5, 0.6) is 0 Å². The Morgan fingerprint density at radius 3 is 1.38 bits per heavy atom. The maximum Gasteiger partial charge on any atom is 0.271 e. The molecular formula is C29H41AlNP. The van der Waals surface area contributed by atoms with Crippen LogP contribution < -0.4 is 25.1 Å². The first kappa shape index (κ1) is 25.2. The molecule has 32 heavy (non-hydrogen) atoms. The van der Waals surface area contributed by atoms with Gasteiger partial charge < -0.3 is 4.72 Å². The van der Waals surface area contributed by atoms with Crippen molar-refractivity contribution in [3.63, 3.8) is 0 Å². The summed E-state index contributed by atoms with van der Waals surface area (Å²) in [5.41, 5.74) is 0.455. The summed E-state index contributed by atoms with van der Waals surface area (Å²) in [6.45, 7) is 19.0. The minimum absolute atomic E-state index is 0.0430. The maximum atomic E-state index is 7.71. The van der Waals surface area contributed by atoms with Gasteiger partial charge in [0.1, 0.15) is 17.9 Å². The fourth-order valence-electron chi connectivity index (χ4n) is 6.05. The van der Waals surface area contributed by atoms with Gasteiger partial charge >= 0.3 is 0 Å². The van der Waals surface area contributed by atoms with Crippen molar-refractivity contribution in [2.24, 2.45) is 4.72 Å². The monoisotopic (exact) mass is 461 g/mol. The zero-order chi connectivity index (χ0) is 23.8. The standard InChI is InChI=1S/C21H21P.2C4H9.Al.H2N/c1-18(2)22(19-12-6-3-7-13-19,20-14-8-4-9-15-20)21-16-10-5-11-17-21;2*1-4(2)3;;/h3-16,18H,1-2H3;2*1-3H3;;1H2/q+1;;;;-1. The van der Waals surface area contributed by atoms with E-state index in [1.54, 1.807) is 0 Å². The second kappa shape index (κ2) is 9.08. The number of rotatable bonds is 5. The molecule has 2 N–H and O–H groups in total. The first-order valence-electron chi connectivity index (χ1n) is 11.9. The molecule has 0 fully saturated rings. The molecule has 0 atom stereocenters. The fraction of sp³-hybridized carbons (Fsp3) is 0.379. The van der Waals surface area contributed by atoms with E-state index in [9.17, 15) is 0 Å². The zero-order valence-electron chi connectivity index (χ0n) is 21.3. The second-order valence-corrected chi connectivity index (χ2v) is 21.7. The molecule has 1 nitrogen and oxygen atoms in total. The van der Waals surface area contributed by atoms with Gasteiger partial charge in [0, 0.05) is 0 Å². The Morgan fingerprint density at radius 1 is 0.625 bits per heavy atom. The van der Waals surface area contributed by atoms with Gasteiger partial charge in [-0.2, -0.15) is 13.0 Å². The molecule has 0 aliphatic carbocycles. The highest BCUT2D eigenvalue weighted by Gasteiger charge is 2.55. The third kappa shape index (κ3) is 4.02. The van der Waals surface area contributed by atoms with E-state index in [0.29, 0.717) is 5.66 Å². The molecule has 0 saturated heterocycles. The van der Waals surface area contributed by atoms with Gasteiger partial charge in [0.15, 0.2) is 0 Å². The lowest BCUT2D eigenvalue weighted by atomic mass is 10.2. The summed E-state index contributed by atoms with van der Waals surface area (Å²) in [4.78, 5) is 0. The molecule has 0 bridgehead atoms. The molecule has 0 radical (unpaired) electrons. The highest BCUT2D eigenvalue weighted by Crippen LogP contribution is 2.60. The Hall–Kier alpha value is -1.42. The summed E-state index contributed by atoms with van der Waals surface area (Å²) in [6.07, 6.45) is 0. The van der Waals surface area contributed by atoms with Crippen LogP contribution in [0.25, 0.3) is 0 Å².